The average Bonchev–Trinajstić information content (AvgIpc) is 2.66. The highest BCUT2D eigenvalue weighted by atomic mass is 16.5. The number of rotatable bonds is 2. The van der Waals surface area contributed by atoms with E-state index in [-0.39, 0.29) is 17.9 Å². The number of hydrogen-bond donors (Lipinski definition) is 3. The molecule has 0 aliphatic carbocycles. The Labute approximate surface area is 157 Å². The Morgan fingerprint density at radius 1 is 1.30 bits per heavy atom. The summed E-state index contributed by atoms with van der Waals surface area (Å²) in [6.07, 6.45) is 0.297. The molecule has 8 nitrogen and oxygen atoms in total. The Bertz CT molecular complexity index is 888. The van der Waals surface area contributed by atoms with Crippen LogP contribution < -0.4 is 15.0 Å². The molecule has 8 heteroatoms. The molecule has 3 N–H and O–H groups in total. The van der Waals surface area contributed by atoms with Gasteiger partial charge in [-0.25, -0.2) is 0 Å². The maximum atomic E-state index is 10.3. The van der Waals surface area contributed by atoms with E-state index in [0.29, 0.717) is 54.5 Å². The van der Waals surface area contributed by atoms with Crippen LogP contribution in [0.3, 0.4) is 0 Å². The molecule has 140 valence electrons. The number of aliphatic hydroxyl groups excluding tert-OH is 1. The van der Waals surface area contributed by atoms with Crippen molar-refractivity contribution in [3.8, 4) is 28.8 Å². The lowest BCUT2D eigenvalue weighted by Crippen LogP contribution is -2.53. The van der Waals surface area contributed by atoms with E-state index in [0.717, 1.165) is 12.1 Å². The van der Waals surface area contributed by atoms with Crippen LogP contribution in [0.1, 0.15) is 17.5 Å². The average molecular weight is 367 g/mol. The van der Waals surface area contributed by atoms with Crippen LogP contribution in [0, 0.1) is 18.3 Å². The van der Waals surface area contributed by atoms with Gasteiger partial charge in [0.05, 0.1) is 24.3 Å². The van der Waals surface area contributed by atoms with Crippen LogP contribution in [-0.4, -0.2) is 58.8 Å². The molecule has 0 bridgehead atoms. The van der Waals surface area contributed by atoms with E-state index >= 15 is 0 Å². The Morgan fingerprint density at radius 3 is 2.89 bits per heavy atom. The van der Waals surface area contributed by atoms with Gasteiger partial charge >= 0.3 is 0 Å². The SMILES string of the molecule is Cc1cc(C#N)cc(O)c1-c1cc2c(nn1)N([C@H]1CNC[C@@H](O)C1)CCO2. The van der Waals surface area contributed by atoms with Gasteiger partial charge in [-0.2, -0.15) is 5.26 Å². The molecule has 0 saturated carbocycles. The number of piperidine rings is 1. The van der Waals surface area contributed by atoms with Crippen molar-refractivity contribution in [2.45, 2.75) is 25.5 Å². The third-order valence-electron chi connectivity index (χ3n) is 5.05. The van der Waals surface area contributed by atoms with Gasteiger partial charge in [0, 0.05) is 30.8 Å². The Hall–Kier alpha value is -2.89. The third-order valence-corrected chi connectivity index (χ3v) is 5.05. The normalized spacial score (nSPS) is 21.9. The number of β-amino-alcohol motifs (C(OH)–C–C–N with tert-alkyl or cyclic N) is 1. The first kappa shape index (κ1) is 17.5. The van der Waals surface area contributed by atoms with Gasteiger partial charge in [-0.3, -0.25) is 0 Å². The highest BCUT2D eigenvalue weighted by Gasteiger charge is 2.31. The summed E-state index contributed by atoms with van der Waals surface area (Å²) in [5.41, 5.74) is 2.18. The van der Waals surface area contributed by atoms with Crippen molar-refractivity contribution in [3.05, 3.63) is 29.3 Å². The van der Waals surface area contributed by atoms with Crippen molar-refractivity contribution >= 4 is 5.82 Å². The number of phenols is 1. The van der Waals surface area contributed by atoms with Gasteiger partial charge in [0.15, 0.2) is 11.6 Å². The fourth-order valence-electron chi connectivity index (χ4n) is 3.81. The number of anilines is 1. The maximum Gasteiger partial charge on any atom is 0.194 e. The van der Waals surface area contributed by atoms with Gasteiger partial charge in [-0.05, 0) is 31.0 Å². The first-order valence-corrected chi connectivity index (χ1v) is 8.97. The van der Waals surface area contributed by atoms with Gasteiger partial charge < -0.3 is 25.2 Å². The number of fused-ring (bicyclic) bond motifs is 1. The van der Waals surface area contributed by atoms with Crippen LogP contribution in [-0.2, 0) is 0 Å². The van der Waals surface area contributed by atoms with E-state index < -0.39 is 0 Å². The molecule has 0 spiro atoms. The lowest BCUT2D eigenvalue weighted by Gasteiger charge is -2.39. The molecule has 1 aromatic carbocycles. The second kappa shape index (κ2) is 7.02. The molecule has 0 radical (unpaired) electrons. The molecule has 0 amide bonds. The summed E-state index contributed by atoms with van der Waals surface area (Å²) >= 11 is 0. The summed E-state index contributed by atoms with van der Waals surface area (Å²) in [4.78, 5) is 2.12. The number of nitrogens with one attached hydrogen (secondary N) is 1. The number of benzene rings is 1. The van der Waals surface area contributed by atoms with Gasteiger partial charge in [0.2, 0.25) is 0 Å². The Kier molecular flexibility index (Phi) is 4.56. The van der Waals surface area contributed by atoms with E-state index in [1.165, 1.54) is 6.07 Å². The monoisotopic (exact) mass is 367 g/mol. The number of aryl methyl sites for hydroxylation is 1. The van der Waals surface area contributed by atoms with Crippen molar-refractivity contribution in [2.75, 3.05) is 31.1 Å². The van der Waals surface area contributed by atoms with Crippen LogP contribution in [0.25, 0.3) is 11.3 Å². The summed E-state index contributed by atoms with van der Waals surface area (Å²) in [5, 5.41) is 41.2. The first-order chi connectivity index (χ1) is 13.1. The van der Waals surface area contributed by atoms with E-state index in [1.807, 2.05) is 13.0 Å². The van der Waals surface area contributed by atoms with Crippen molar-refractivity contribution in [2.24, 2.45) is 0 Å². The van der Waals surface area contributed by atoms with Crippen molar-refractivity contribution in [3.63, 3.8) is 0 Å². The number of aliphatic hydroxyl groups is 1. The molecule has 27 heavy (non-hydrogen) atoms. The minimum Gasteiger partial charge on any atom is -0.507 e. The molecule has 1 saturated heterocycles. The van der Waals surface area contributed by atoms with Gasteiger partial charge in [-0.15, -0.1) is 10.2 Å². The molecule has 1 fully saturated rings. The van der Waals surface area contributed by atoms with Crippen LogP contribution in [0.2, 0.25) is 0 Å². The number of aromatic hydroxyl groups is 1. The van der Waals surface area contributed by atoms with Crippen LogP contribution in [0.15, 0.2) is 18.2 Å². The number of phenolic OH excluding ortho intramolecular Hbond substituents is 1. The summed E-state index contributed by atoms with van der Waals surface area (Å²) in [6, 6.07) is 7.06. The first-order valence-electron chi connectivity index (χ1n) is 8.97. The molecule has 1 aromatic heterocycles. The Balaban J connectivity index is 1.69. The van der Waals surface area contributed by atoms with E-state index in [9.17, 15) is 10.2 Å². The van der Waals surface area contributed by atoms with Gasteiger partial charge in [0.1, 0.15) is 18.1 Å². The predicted octanol–water partition coefficient (Wildman–Crippen LogP) is 0.951. The number of ether oxygens (including phenoxy) is 1. The number of aromatic nitrogens is 2. The molecule has 0 unspecified atom stereocenters. The Morgan fingerprint density at radius 2 is 2.15 bits per heavy atom. The number of hydrogen-bond acceptors (Lipinski definition) is 8. The molecule has 2 aliphatic heterocycles. The quantitative estimate of drug-likeness (QED) is 0.719. The fraction of sp³-hybridized carbons (Fsp3) is 0.421. The molecule has 2 aliphatic rings. The second-order valence-corrected chi connectivity index (χ2v) is 6.96. The zero-order chi connectivity index (χ0) is 19.0. The van der Waals surface area contributed by atoms with Crippen LogP contribution >= 0.6 is 0 Å². The highest BCUT2D eigenvalue weighted by molar-refractivity contribution is 5.74. The standard InChI is InChI=1S/C19H21N5O3/c1-11-4-12(8-20)5-16(26)18(11)15-7-17-19(23-22-15)24(2-3-27-17)13-6-14(25)10-21-9-13/h4-5,7,13-14,21,25-26H,2-3,6,9-10H2,1H3/t13-,14+/m1/s1. The van der Waals surface area contributed by atoms with Crippen LogP contribution in [0.4, 0.5) is 5.82 Å². The fourth-order valence-corrected chi connectivity index (χ4v) is 3.81. The lowest BCUT2D eigenvalue weighted by atomic mass is 10.0. The molecule has 3 heterocycles. The topological polar surface area (TPSA) is 115 Å². The summed E-state index contributed by atoms with van der Waals surface area (Å²) < 4.78 is 5.80. The molecule has 2 atom stereocenters. The summed E-state index contributed by atoms with van der Waals surface area (Å²) in [7, 11) is 0. The zero-order valence-electron chi connectivity index (χ0n) is 15.0. The van der Waals surface area contributed by atoms with Gasteiger partial charge in [-0.1, -0.05) is 0 Å². The minimum absolute atomic E-state index is 0.00642. The molecule has 4 rings (SSSR count). The molecular weight excluding hydrogens is 346 g/mol. The smallest absolute Gasteiger partial charge is 0.194 e. The highest BCUT2D eigenvalue weighted by Crippen LogP contribution is 2.38. The lowest BCUT2D eigenvalue weighted by molar-refractivity contribution is 0.128. The van der Waals surface area contributed by atoms with E-state index in [1.54, 1.807) is 12.1 Å². The number of nitrogens with zero attached hydrogens (tertiary/aromatic N) is 4. The molecular formula is C19H21N5O3. The summed E-state index contributed by atoms with van der Waals surface area (Å²) in [5.74, 6) is 1.25. The number of nitriles is 1. The summed E-state index contributed by atoms with van der Waals surface area (Å²) in [6.45, 7) is 4.40. The van der Waals surface area contributed by atoms with Crippen molar-refractivity contribution in [1.29, 1.82) is 5.26 Å². The van der Waals surface area contributed by atoms with Crippen molar-refractivity contribution in [1.82, 2.24) is 15.5 Å². The predicted molar refractivity (Wildman–Crippen MR) is 98.7 cm³/mol. The minimum atomic E-state index is -0.375. The van der Waals surface area contributed by atoms with E-state index in [2.05, 4.69) is 20.4 Å². The zero-order valence-corrected chi connectivity index (χ0v) is 15.0. The third kappa shape index (κ3) is 3.27. The van der Waals surface area contributed by atoms with Gasteiger partial charge in [0.25, 0.3) is 0 Å². The maximum absolute atomic E-state index is 10.3. The van der Waals surface area contributed by atoms with E-state index in [4.69, 9.17) is 10.00 Å². The second-order valence-electron chi connectivity index (χ2n) is 6.96. The van der Waals surface area contributed by atoms with Crippen LogP contribution in [0.5, 0.6) is 11.5 Å². The largest absolute Gasteiger partial charge is 0.507 e. The van der Waals surface area contributed by atoms with Crippen molar-refractivity contribution < 1.29 is 14.9 Å². The molecule has 2 aromatic rings.